The molecule has 1 heterocycles. The van der Waals surface area contributed by atoms with Crippen LogP contribution < -0.4 is 0 Å². The van der Waals surface area contributed by atoms with Crippen LogP contribution in [0.1, 0.15) is 104 Å². The topological polar surface area (TPSA) is 157 Å². The summed E-state index contributed by atoms with van der Waals surface area (Å²) in [6, 6.07) is 0. The van der Waals surface area contributed by atoms with E-state index in [0.29, 0.717) is 18.6 Å². The van der Waals surface area contributed by atoms with E-state index in [1.54, 1.807) is 0 Å². The Morgan fingerprint density at radius 1 is 0.895 bits per heavy atom. The van der Waals surface area contributed by atoms with Crippen LogP contribution in [0.15, 0.2) is 23.7 Å². The Bertz CT molecular complexity index is 814. The first kappa shape index (κ1) is 33.1. The van der Waals surface area contributed by atoms with Gasteiger partial charge in [-0.25, -0.2) is 14.4 Å². The lowest BCUT2D eigenvalue weighted by Gasteiger charge is -2.17. The van der Waals surface area contributed by atoms with Crippen molar-refractivity contribution in [3.05, 3.63) is 23.7 Å². The molecule has 0 fully saturated rings. The molecule has 10 heteroatoms. The third-order valence-corrected chi connectivity index (χ3v) is 6.16. The summed E-state index contributed by atoms with van der Waals surface area (Å²) in [5.41, 5.74) is 0. The van der Waals surface area contributed by atoms with Gasteiger partial charge >= 0.3 is 23.9 Å². The summed E-state index contributed by atoms with van der Waals surface area (Å²) in [5, 5.41) is 28.7. The van der Waals surface area contributed by atoms with Crippen molar-refractivity contribution < 1.29 is 48.7 Å². The molecular formula is C28H44O10. The zero-order valence-corrected chi connectivity index (χ0v) is 22.7. The SMILES string of the molecule is CC(C)CCCCCCCCCCCCCCC(=O)OC[C@H](O)[C@H]1OC(=O)C(OC(=O)/C=C\C(=O)O)=C1O. The lowest BCUT2D eigenvalue weighted by atomic mass is 10.0. The molecule has 0 radical (unpaired) electrons. The van der Waals surface area contributed by atoms with Gasteiger partial charge < -0.3 is 29.5 Å². The molecule has 0 saturated carbocycles. The molecule has 10 nitrogen and oxygen atoms in total. The van der Waals surface area contributed by atoms with Gasteiger partial charge in [-0.1, -0.05) is 90.9 Å². The van der Waals surface area contributed by atoms with Gasteiger partial charge in [0, 0.05) is 18.6 Å². The Labute approximate surface area is 225 Å². The number of aliphatic hydroxyl groups is 2. The fourth-order valence-electron chi connectivity index (χ4n) is 4.01. The van der Waals surface area contributed by atoms with Gasteiger partial charge in [-0.05, 0) is 12.3 Å². The molecule has 0 bridgehead atoms. The van der Waals surface area contributed by atoms with E-state index in [-0.39, 0.29) is 6.42 Å². The first-order valence-electron chi connectivity index (χ1n) is 13.7. The minimum absolute atomic E-state index is 0.189. The van der Waals surface area contributed by atoms with Gasteiger partial charge in [-0.15, -0.1) is 0 Å². The lowest BCUT2D eigenvalue weighted by Crippen LogP contribution is -2.33. The number of carboxylic acids is 1. The monoisotopic (exact) mass is 540 g/mol. The molecule has 38 heavy (non-hydrogen) atoms. The molecule has 2 atom stereocenters. The number of unbranched alkanes of at least 4 members (excludes halogenated alkanes) is 11. The highest BCUT2D eigenvalue weighted by atomic mass is 16.6. The van der Waals surface area contributed by atoms with Crippen LogP contribution in [-0.4, -0.2) is 58.0 Å². The van der Waals surface area contributed by atoms with Gasteiger partial charge in [0.2, 0.25) is 0 Å². The fraction of sp³-hybridized carbons (Fsp3) is 0.714. The zero-order valence-electron chi connectivity index (χ0n) is 22.7. The quantitative estimate of drug-likeness (QED) is 0.0792. The molecule has 1 aliphatic heterocycles. The number of carbonyl (C=O) groups is 4. The van der Waals surface area contributed by atoms with E-state index in [9.17, 15) is 29.4 Å². The highest BCUT2D eigenvalue weighted by Crippen LogP contribution is 2.25. The average molecular weight is 541 g/mol. The molecule has 0 aliphatic carbocycles. The molecule has 0 aromatic carbocycles. The summed E-state index contributed by atoms with van der Waals surface area (Å²) in [7, 11) is 0. The highest BCUT2D eigenvalue weighted by Gasteiger charge is 2.41. The van der Waals surface area contributed by atoms with Gasteiger partial charge in [-0.3, -0.25) is 4.79 Å². The summed E-state index contributed by atoms with van der Waals surface area (Å²) in [4.78, 5) is 45.7. The first-order valence-corrected chi connectivity index (χ1v) is 13.7. The highest BCUT2D eigenvalue weighted by molar-refractivity contribution is 5.96. The van der Waals surface area contributed by atoms with E-state index < -0.39 is 54.2 Å². The van der Waals surface area contributed by atoms with Crippen molar-refractivity contribution in [2.75, 3.05) is 6.61 Å². The second kappa shape index (κ2) is 19.2. The summed E-state index contributed by atoms with van der Waals surface area (Å²) in [6.45, 7) is 4.02. The standard InChI is InChI=1S/C28H44O10/c1-20(2)15-13-11-9-7-5-3-4-6-8-10-12-14-16-23(32)36-19-21(29)26-25(34)27(28(35)38-26)37-24(33)18-17-22(30)31/h17-18,20-21,26,29,34H,3-16,19H2,1-2H3,(H,30,31)/b18-17-/t21-,26+/m0/s1. The molecule has 0 unspecified atom stereocenters. The molecule has 0 saturated heterocycles. The summed E-state index contributed by atoms with van der Waals surface area (Å²) >= 11 is 0. The largest absolute Gasteiger partial charge is 0.505 e. The van der Waals surface area contributed by atoms with Crippen LogP contribution in [0.5, 0.6) is 0 Å². The van der Waals surface area contributed by atoms with Crippen LogP contribution in [0.25, 0.3) is 0 Å². The van der Waals surface area contributed by atoms with Crippen LogP contribution in [0.4, 0.5) is 0 Å². The predicted octanol–water partition coefficient (Wildman–Crippen LogP) is 4.89. The fourth-order valence-corrected chi connectivity index (χ4v) is 4.01. The van der Waals surface area contributed by atoms with Crippen LogP contribution in [-0.2, 0) is 33.4 Å². The number of hydrogen-bond acceptors (Lipinski definition) is 9. The predicted molar refractivity (Wildman–Crippen MR) is 139 cm³/mol. The third kappa shape index (κ3) is 14.8. The number of carboxylic acid groups (broad SMARTS) is 1. The molecule has 1 aliphatic rings. The van der Waals surface area contributed by atoms with E-state index in [1.165, 1.54) is 57.8 Å². The van der Waals surface area contributed by atoms with Gasteiger partial charge in [0.05, 0.1) is 0 Å². The average Bonchev–Trinajstić information content (AvgIpc) is 3.14. The number of hydrogen-bond donors (Lipinski definition) is 3. The number of carbonyl (C=O) groups excluding carboxylic acids is 3. The molecule has 216 valence electrons. The zero-order chi connectivity index (χ0) is 28.3. The summed E-state index contributed by atoms with van der Waals surface area (Å²) in [6.07, 6.45) is 13.6. The van der Waals surface area contributed by atoms with Gasteiger partial charge in [0.25, 0.3) is 5.76 Å². The van der Waals surface area contributed by atoms with Crippen LogP contribution in [0, 0.1) is 5.92 Å². The maximum atomic E-state index is 11.9. The van der Waals surface area contributed by atoms with E-state index in [4.69, 9.17) is 14.6 Å². The van der Waals surface area contributed by atoms with Crippen molar-refractivity contribution in [3.63, 3.8) is 0 Å². The van der Waals surface area contributed by atoms with Crippen LogP contribution in [0.2, 0.25) is 0 Å². The number of esters is 3. The minimum Gasteiger partial charge on any atom is -0.505 e. The molecule has 0 spiro atoms. The third-order valence-electron chi connectivity index (χ3n) is 6.16. The lowest BCUT2D eigenvalue weighted by molar-refractivity contribution is -0.156. The maximum Gasteiger partial charge on any atom is 0.378 e. The number of rotatable bonds is 21. The Morgan fingerprint density at radius 3 is 1.95 bits per heavy atom. The summed E-state index contributed by atoms with van der Waals surface area (Å²) < 4.78 is 14.4. The van der Waals surface area contributed by atoms with Crippen molar-refractivity contribution in [3.8, 4) is 0 Å². The van der Waals surface area contributed by atoms with Gasteiger partial charge in [-0.2, -0.15) is 0 Å². The minimum atomic E-state index is -1.58. The van der Waals surface area contributed by atoms with Gasteiger partial charge in [0.1, 0.15) is 12.7 Å². The van der Waals surface area contributed by atoms with Crippen molar-refractivity contribution in [2.24, 2.45) is 5.92 Å². The second-order valence-corrected chi connectivity index (χ2v) is 10.1. The smallest absolute Gasteiger partial charge is 0.378 e. The second-order valence-electron chi connectivity index (χ2n) is 10.1. The van der Waals surface area contributed by atoms with E-state index in [2.05, 4.69) is 18.6 Å². The van der Waals surface area contributed by atoms with Crippen LogP contribution >= 0.6 is 0 Å². The van der Waals surface area contributed by atoms with Crippen molar-refractivity contribution in [1.29, 1.82) is 0 Å². The number of aliphatic carboxylic acids is 1. The molecule has 0 aromatic rings. The number of cyclic esters (lactones) is 1. The molecule has 0 aromatic heterocycles. The molecular weight excluding hydrogens is 496 g/mol. The van der Waals surface area contributed by atoms with E-state index >= 15 is 0 Å². The summed E-state index contributed by atoms with van der Waals surface area (Å²) in [5.74, 6) is -5.28. The van der Waals surface area contributed by atoms with Gasteiger partial charge in [0.15, 0.2) is 11.9 Å². The Hall–Kier alpha value is -2.88. The van der Waals surface area contributed by atoms with Crippen molar-refractivity contribution in [2.45, 2.75) is 116 Å². The first-order chi connectivity index (χ1) is 18.1. The van der Waals surface area contributed by atoms with E-state index in [1.807, 2.05) is 0 Å². The van der Waals surface area contributed by atoms with Crippen molar-refractivity contribution >= 4 is 23.9 Å². The molecule has 0 amide bonds. The van der Waals surface area contributed by atoms with Crippen molar-refractivity contribution in [1.82, 2.24) is 0 Å². The normalized spacial score (nSPS) is 16.2. The number of aliphatic hydroxyl groups excluding tert-OH is 2. The Balaban J connectivity index is 2.11. The number of ether oxygens (including phenoxy) is 3. The van der Waals surface area contributed by atoms with E-state index in [0.717, 1.165) is 25.2 Å². The Morgan fingerprint density at radius 2 is 1.42 bits per heavy atom. The van der Waals surface area contributed by atoms with Crippen LogP contribution in [0.3, 0.4) is 0 Å². The Kier molecular flexibility index (Phi) is 16.8. The maximum absolute atomic E-state index is 11.9. The molecule has 1 rings (SSSR count). The molecule has 3 N–H and O–H groups in total.